The van der Waals surface area contributed by atoms with Crippen LogP contribution in [0.5, 0.6) is 0 Å². The minimum Gasteiger partial charge on any atom is -0.342 e. The van der Waals surface area contributed by atoms with Crippen molar-refractivity contribution in [1.29, 1.82) is 0 Å². The predicted molar refractivity (Wildman–Crippen MR) is 106 cm³/mol. The number of aryl methyl sites for hydroxylation is 1. The van der Waals surface area contributed by atoms with Crippen LogP contribution in [0.15, 0.2) is 23.1 Å². The quantitative estimate of drug-likeness (QED) is 0.483. The van der Waals surface area contributed by atoms with Crippen LogP contribution in [0.2, 0.25) is 0 Å². The lowest BCUT2D eigenvalue weighted by atomic mass is 9.96. The van der Waals surface area contributed by atoms with Gasteiger partial charge in [-0.25, -0.2) is 8.42 Å². The van der Waals surface area contributed by atoms with E-state index in [1.807, 2.05) is 18.7 Å². The Labute approximate surface area is 166 Å². The van der Waals surface area contributed by atoms with Crippen molar-refractivity contribution in [3.8, 4) is 0 Å². The Morgan fingerprint density at radius 3 is 2.29 bits per heavy atom. The van der Waals surface area contributed by atoms with E-state index in [2.05, 4.69) is 0 Å². The van der Waals surface area contributed by atoms with Gasteiger partial charge >= 0.3 is 0 Å². The van der Waals surface area contributed by atoms with Crippen LogP contribution in [0.25, 0.3) is 0 Å². The average molecular weight is 412 g/mol. The minimum atomic E-state index is -3.83. The highest BCUT2D eigenvalue weighted by Gasteiger charge is 2.34. The maximum atomic E-state index is 13.0. The summed E-state index contributed by atoms with van der Waals surface area (Å²) in [4.78, 5) is 25.0. The lowest BCUT2D eigenvalue weighted by Crippen LogP contribution is -2.44. The van der Waals surface area contributed by atoms with Crippen LogP contribution in [0.3, 0.4) is 0 Å². The van der Waals surface area contributed by atoms with E-state index in [0.29, 0.717) is 18.4 Å². The minimum absolute atomic E-state index is 0.0370. The van der Waals surface area contributed by atoms with Crippen molar-refractivity contribution in [2.24, 2.45) is 5.92 Å². The molecule has 0 radical (unpaired) electrons. The zero-order valence-corrected chi connectivity index (χ0v) is 17.6. The van der Waals surface area contributed by atoms with Gasteiger partial charge in [0.1, 0.15) is 0 Å². The first-order chi connectivity index (χ1) is 13.2. The number of rotatable bonds is 8. The Kier molecular flexibility index (Phi) is 7.54. The van der Waals surface area contributed by atoms with Crippen LogP contribution in [-0.4, -0.2) is 54.6 Å². The summed E-state index contributed by atoms with van der Waals surface area (Å²) < 4.78 is 27.4. The van der Waals surface area contributed by atoms with Gasteiger partial charge in [-0.1, -0.05) is 19.9 Å². The second-order valence-corrected chi connectivity index (χ2v) is 9.12. The van der Waals surface area contributed by atoms with Crippen LogP contribution in [0.4, 0.5) is 5.69 Å². The normalized spacial score (nSPS) is 16.1. The smallest absolute Gasteiger partial charge is 0.270 e. The summed E-state index contributed by atoms with van der Waals surface area (Å²) in [5.74, 6) is -0.0666. The van der Waals surface area contributed by atoms with E-state index in [0.717, 1.165) is 32.0 Å². The molecule has 156 valence electrons. The number of carbonyl (C=O) groups is 1. The molecule has 1 aliphatic rings. The molecular formula is C19H29N3O5S. The van der Waals surface area contributed by atoms with Gasteiger partial charge in [0.2, 0.25) is 15.9 Å². The molecule has 0 N–H and O–H groups in total. The number of sulfonamides is 1. The number of carbonyl (C=O) groups excluding carboxylic acids is 1. The molecule has 1 amide bonds. The predicted octanol–water partition coefficient (Wildman–Crippen LogP) is 2.95. The van der Waals surface area contributed by atoms with Gasteiger partial charge in [-0.3, -0.25) is 14.9 Å². The number of amides is 1. The first-order valence-corrected chi connectivity index (χ1v) is 11.2. The van der Waals surface area contributed by atoms with Gasteiger partial charge in [0.25, 0.3) is 5.69 Å². The molecule has 0 saturated carbocycles. The van der Waals surface area contributed by atoms with Gasteiger partial charge < -0.3 is 4.90 Å². The Morgan fingerprint density at radius 1 is 1.21 bits per heavy atom. The second kappa shape index (κ2) is 9.47. The SMILES string of the molecule is CCCN(CCC)C(=O)C1CCN(S(=O)(=O)c2cc([N+](=O)[O-])ccc2C)CC1. The monoisotopic (exact) mass is 411 g/mol. The maximum Gasteiger partial charge on any atom is 0.270 e. The summed E-state index contributed by atoms with van der Waals surface area (Å²) >= 11 is 0. The largest absolute Gasteiger partial charge is 0.342 e. The molecule has 28 heavy (non-hydrogen) atoms. The van der Waals surface area contributed by atoms with Gasteiger partial charge in [-0.05, 0) is 38.2 Å². The van der Waals surface area contributed by atoms with Crippen LogP contribution >= 0.6 is 0 Å². The van der Waals surface area contributed by atoms with E-state index < -0.39 is 14.9 Å². The summed E-state index contributed by atoms with van der Waals surface area (Å²) in [7, 11) is -3.83. The molecular weight excluding hydrogens is 382 g/mol. The Hall–Kier alpha value is -2.00. The number of hydrogen-bond acceptors (Lipinski definition) is 5. The van der Waals surface area contributed by atoms with Gasteiger partial charge in [0.05, 0.1) is 9.82 Å². The van der Waals surface area contributed by atoms with E-state index in [1.54, 1.807) is 6.92 Å². The Bertz CT molecular complexity index is 811. The third-order valence-electron chi connectivity index (χ3n) is 5.10. The summed E-state index contributed by atoms with van der Waals surface area (Å²) in [5, 5.41) is 11.0. The lowest BCUT2D eigenvalue weighted by molar-refractivity contribution is -0.385. The molecule has 1 fully saturated rings. The molecule has 0 aromatic heterocycles. The molecule has 0 bridgehead atoms. The topological polar surface area (TPSA) is 101 Å². The number of hydrogen-bond donors (Lipinski definition) is 0. The molecule has 2 rings (SSSR count). The van der Waals surface area contributed by atoms with E-state index >= 15 is 0 Å². The molecule has 0 unspecified atom stereocenters. The van der Waals surface area contributed by atoms with Crippen molar-refractivity contribution in [3.63, 3.8) is 0 Å². The summed E-state index contributed by atoms with van der Waals surface area (Å²) in [6, 6.07) is 3.87. The van der Waals surface area contributed by atoms with E-state index in [9.17, 15) is 23.3 Å². The van der Waals surface area contributed by atoms with Crippen LogP contribution in [0, 0.1) is 23.0 Å². The molecule has 1 aliphatic heterocycles. The molecule has 1 aromatic carbocycles. The van der Waals surface area contributed by atoms with Crippen molar-refractivity contribution in [2.45, 2.75) is 51.3 Å². The number of nitro groups is 1. The average Bonchev–Trinajstić information content (AvgIpc) is 2.67. The molecule has 0 aliphatic carbocycles. The molecule has 9 heteroatoms. The molecule has 0 atom stereocenters. The van der Waals surface area contributed by atoms with Crippen LogP contribution in [-0.2, 0) is 14.8 Å². The maximum absolute atomic E-state index is 13.0. The highest BCUT2D eigenvalue weighted by molar-refractivity contribution is 7.89. The highest BCUT2D eigenvalue weighted by Crippen LogP contribution is 2.29. The third kappa shape index (κ3) is 4.88. The van der Waals surface area contributed by atoms with Crippen molar-refractivity contribution in [1.82, 2.24) is 9.21 Å². The zero-order chi connectivity index (χ0) is 20.9. The fraction of sp³-hybridized carbons (Fsp3) is 0.632. The number of nitrogens with zero attached hydrogens (tertiary/aromatic N) is 3. The van der Waals surface area contributed by atoms with Crippen LogP contribution in [0.1, 0.15) is 45.1 Å². The third-order valence-corrected chi connectivity index (χ3v) is 7.14. The van der Waals surface area contributed by atoms with Crippen LogP contribution < -0.4 is 0 Å². The summed E-state index contributed by atoms with van der Waals surface area (Å²) in [6.45, 7) is 7.62. The van der Waals surface area contributed by atoms with Crippen molar-refractivity contribution < 1.29 is 18.1 Å². The first kappa shape index (κ1) is 22.3. The number of piperidine rings is 1. The summed E-state index contributed by atoms with van der Waals surface area (Å²) in [5.41, 5.74) is 0.227. The van der Waals surface area contributed by atoms with Crippen molar-refractivity contribution >= 4 is 21.6 Å². The number of benzene rings is 1. The van der Waals surface area contributed by atoms with Gasteiger partial charge in [0, 0.05) is 44.2 Å². The fourth-order valence-corrected chi connectivity index (χ4v) is 5.31. The fourth-order valence-electron chi connectivity index (χ4n) is 3.59. The zero-order valence-electron chi connectivity index (χ0n) is 16.8. The molecule has 0 spiro atoms. The Balaban J connectivity index is 2.13. The lowest BCUT2D eigenvalue weighted by Gasteiger charge is -2.33. The molecule has 1 aromatic rings. The van der Waals surface area contributed by atoms with Gasteiger partial charge in [-0.2, -0.15) is 4.31 Å². The first-order valence-electron chi connectivity index (χ1n) is 9.76. The van der Waals surface area contributed by atoms with Crippen molar-refractivity contribution in [2.75, 3.05) is 26.2 Å². The number of nitro benzene ring substituents is 1. The molecule has 1 saturated heterocycles. The van der Waals surface area contributed by atoms with Crippen molar-refractivity contribution in [3.05, 3.63) is 33.9 Å². The highest BCUT2D eigenvalue weighted by atomic mass is 32.2. The van der Waals surface area contributed by atoms with E-state index in [4.69, 9.17) is 0 Å². The summed E-state index contributed by atoms with van der Waals surface area (Å²) in [6.07, 6.45) is 2.72. The van der Waals surface area contributed by atoms with E-state index in [1.165, 1.54) is 16.4 Å². The van der Waals surface area contributed by atoms with Gasteiger partial charge in [0.15, 0.2) is 0 Å². The standard InChI is InChI=1S/C19H29N3O5S/c1-4-10-20(11-5-2)19(23)16-8-12-21(13-9-16)28(26,27)18-14-17(22(24)25)7-6-15(18)3/h6-7,14,16H,4-5,8-13H2,1-3H3. The Morgan fingerprint density at radius 2 is 1.79 bits per heavy atom. The van der Waals surface area contributed by atoms with Gasteiger partial charge in [-0.15, -0.1) is 0 Å². The second-order valence-electron chi connectivity index (χ2n) is 7.21. The molecule has 8 nitrogen and oxygen atoms in total. The number of non-ortho nitro benzene ring substituents is 1. The molecule has 1 heterocycles. The van der Waals surface area contributed by atoms with E-state index in [-0.39, 0.29) is 35.5 Å².